The number of hydrogen-bond acceptors (Lipinski definition) is 10. The van der Waals surface area contributed by atoms with Crippen LogP contribution in [0.15, 0.2) is 49.1 Å². The van der Waals surface area contributed by atoms with Gasteiger partial charge in [-0.3, -0.25) is 9.52 Å². The Kier molecular flexibility index (Phi) is 7.37. The van der Waals surface area contributed by atoms with Gasteiger partial charge in [-0.15, -0.1) is 0 Å². The van der Waals surface area contributed by atoms with E-state index in [1.54, 1.807) is 30.1 Å². The number of aryl methyl sites for hydroxylation is 1. The fourth-order valence-corrected chi connectivity index (χ4v) is 5.19. The molecule has 2 aliphatic rings. The molecule has 0 bridgehead atoms. The van der Waals surface area contributed by atoms with Crippen molar-refractivity contribution in [2.75, 3.05) is 62.2 Å². The molecule has 11 nitrogen and oxygen atoms in total. The van der Waals surface area contributed by atoms with Gasteiger partial charge in [0.05, 0.1) is 37.3 Å². The molecule has 0 unspecified atom stereocenters. The summed E-state index contributed by atoms with van der Waals surface area (Å²) in [6.07, 6.45) is 5.57. The second-order valence-electron chi connectivity index (χ2n) is 10.1. The van der Waals surface area contributed by atoms with E-state index in [4.69, 9.17) is 14.6 Å². The van der Waals surface area contributed by atoms with Crippen molar-refractivity contribution < 1.29 is 18.4 Å². The van der Waals surface area contributed by atoms with Crippen LogP contribution >= 0.6 is 0 Å². The van der Waals surface area contributed by atoms with Crippen molar-refractivity contribution in [1.82, 2.24) is 29.6 Å². The number of piperazine rings is 1. The van der Waals surface area contributed by atoms with E-state index in [1.807, 2.05) is 19.3 Å². The topological polar surface area (TPSA) is 96.7 Å². The van der Waals surface area contributed by atoms with Gasteiger partial charge < -0.3 is 19.9 Å². The summed E-state index contributed by atoms with van der Waals surface area (Å²) in [6.45, 7) is 3.94. The fraction of sp³-hybridized carbons (Fsp3) is 0.357. The Labute approximate surface area is 236 Å². The third-order valence-electron chi connectivity index (χ3n) is 7.38. The zero-order valence-corrected chi connectivity index (χ0v) is 23.1. The molecule has 13 heteroatoms. The van der Waals surface area contributed by atoms with E-state index in [0.29, 0.717) is 36.2 Å². The molecule has 4 aromatic rings. The predicted octanol–water partition coefficient (Wildman–Crippen LogP) is 3.94. The van der Waals surface area contributed by atoms with E-state index in [2.05, 4.69) is 37.2 Å². The average Bonchev–Trinajstić information content (AvgIpc) is 3.64. The van der Waals surface area contributed by atoms with Crippen LogP contribution in [0.2, 0.25) is 0 Å². The summed E-state index contributed by atoms with van der Waals surface area (Å²) in [5, 5.41) is 9.11. The lowest BCUT2D eigenvalue weighted by atomic mass is 10.0. The first-order chi connectivity index (χ1) is 19.9. The number of rotatable bonds is 7. The van der Waals surface area contributed by atoms with Crippen molar-refractivity contribution in [3.63, 3.8) is 0 Å². The summed E-state index contributed by atoms with van der Waals surface area (Å²) in [5.41, 5.74) is 2.81. The van der Waals surface area contributed by atoms with Crippen LogP contribution in [0.1, 0.15) is 18.0 Å². The van der Waals surface area contributed by atoms with Crippen LogP contribution < -0.4 is 20.0 Å². The number of anilines is 4. The zero-order valence-electron chi connectivity index (χ0n) is 23.1. The number of halogens is 2. The molecule has 6 rings (SSSR count). The number of likely N-dealkylation sites (N-methyl/N-ethyl adjacent to an activating group) is 1. The molecule has 0 radical (unpaired) electrons. The van der Waals surface area contributed by atoms with Crippen LogP contribution in [0, 0.1) is 11.6 Å². The first-order valence-electron chi connectivity index (χ1n) is 13.4. The molecule has 2 aliphatic heterocycles. The number of ether oxygens (including phenoxy) is 1. The van der Waals surface area contributed by atoms with Crippen LogP contribution in [0.25, 0.3) is 11.3 Å². The van der Waals surface area contributed by atoms with Crippen LogP contribution in [0.4, 0.5) is 31.9 Å². The Morgan fingerprint density at radius 3 is 2.66 bits per heavy atom. The molecule has 1 aromatic carbocycles. The molecule has 2 fully saturated rings. The van der Waals surface area contributed by atoms with Crippen LogP contribution in [0.5, 0.6) is 5.75 Å². The molecule has 2 saturated heterocycles. The van der Waals surface area contributed by atoms with Crippen LogP contribution in [0.3, 0.4) is 0 Å². The highest BCUT2D eigenvalue weighted by atomic mass is 19.2. The zero-order chi connectivity index (χ0) is 28.5. The minimum atomic E-state index is -0.901. The number of benzene rings is 1. The smallest absolute Gasteiger partial charge is 0.175 e. The summed E-state index contributed by atoms with van der Waals surface area (Å²) in [5.74, 6) is 0.0425. The Morgan fingerprint density at radius 1 is 1.07 bits per heavy atom. The molecule has 214 valence electrons. The molecule has 0 aliphatic carbocycles. The fourth-order valence-electron chi connectivity index (χ4n) is 5.19. The Bertz CT molecular complexity index is 1540. The van der Waals surface area contributed by atoms with Gasteiger partial charge in [-0.05, 0) is 13.1 Å². The van der Waals surface area contributed by atoms with Gasteiger partial charge >= 0.3 is 0 Å². The average molecular weight is 564 g/mol. The van der Waals surface area contributed by atoms with Crippen molar-refractivity contribution in [2.24, 2.45) is 7.05 Å². The molecule has 1 N–H and O–H groups in total. The second-order valence-corrected chi connectivity index (χ2v) is 10.1. The number of hydrogen-bond donors (Lipinski definition) is 1. The van der Waals surface area contributed by atoms with Gasteiger partial charge in [-0.25, -0.2) is 28.8 Å². The quantitative estimate of drug-likeness (QED) is 0.356. The highest BCUT2D eigenvalue weighted by Crippen LogP contribution is 2.39. The summed E-state index contributed by atoms with van der Waals surface area (Å²) in [4.78, 5) is 24.1. The molecule has 0 spiro atoms. The lowest BCUT2D eigenvalue weighted by molar-refractivity contribution is 0.156. The standard InChI is InChI=1S/C28H31F2N9O2/c1-36-8-10-38(11-9-36)22-13-23(40-3)28(35-27(22)18-15-33-37(2)16-18)34-24-14-25(32-17-31-24)39-21(7-12-41-39)19-5-4-6-20(29)26(19)30/h4-6,13-17,21H,7-12H2,1-3H3,(H,31,32,34,35)/t21-/m1/s1. The van der Waals surface area contributed by atoms with Gasteiger partial charge in [0.25, 0.3) is 0 Å². The maximum atomic E-state index is 14.6. The minimum Gasteiger partial charge on any atom is -0.493 e. The second kappa shape index (κ2) is 11.3. The largest absolute Gasteiger partial charge is 0.493 e. The Balaban J connectivity index is 1.33. The van der Waals surface area contributed by atoms with Gasteiger partial charge in [-0.2, -0.15) is 5.10 Å². The molecular weight excluding hydrogens is 532 g/mol. The van der Waals surface area contributed by atoms with Crippen LogP contribution in [-0.4, -0.2) is 76.6 Å². The summed E-state index contributed by atoms with van der Waals surface area (Å²) in [6, 6.07) is 7.26. The number of pyridine rings is 1. The van der Waals surface area contributed by atoms with Gasteiger partial charge in [0, 0.05) is 69.1 Å². The molecule has 41 heavy (non-hydrogen) atoms. The number of aromatic nitrogens is 5. The molecule has 5 heterocycles. The highest BCUT2D eigenvalue weighted by Gasteiger charge is 2.32. The van der Waals surface area contributed by atoms with E-state index in [1.165, 1.54) is 17.5 Å². The van der Waals surface area contributed by atoms with E-state index in [-0.39, 0.29) is 5.56 Å². The van der Waals surface area contributed by atoms with Crippen molar-refractivity contribution in [3.05, 3.63) is 66.3 Å². The van der Waals surface area contributed by atoms with Crippen molar-refractivity contribution >= 4 is 23.1 Å². The van der Waals surface area contributed by atoms with E-state index in [9.17, 15) is 8.78 Å². The number of methoxy groups -OCH3 is 1. The third kappa shape index (κ3) is 5.37. The lowest BCUT2D eigenvalue weighted by Crippen LogP contribution is -2.44. The predicted molar refractivity (Wildman–Crippen MR) is 150 cm³/mol. The number of nitrogens with one attached hydrogen (secondary N) is 1. The van der Waals surface area contributed by atoms with Gasteiger partial charge in [-0.1, -0.05) is 12.1 Å². The van der Waals surface area contributed by atoms with E-state index >= 15 is 0 Å². The van der Waals surface area contributed by atoms with Gasteiger partial charge in [0.15, 0.2) is 29.0 Å². The SMILES string of the molecule is COc1cc(N2CCN(C)CC2)c(-c2cnn(C)c2)nc1Nc1cc(N2OCC[C@@H]2c2cccc(F)c2F)ncn1. The number of nitrogens with zero attached hydrogens (tertiary/aromatic N) is 8. The van der Waals surface area contributed by atoms with Crippen molar-refractivity contribution in [1.29, 1.82) is 0 Å². The summed E-state index contributed by atoms with van der Waals surface area (Å²) < 4.78 is 36.1. The third-order valence-corrected chi connectivity index (χ3v) is 7.38. The minimum absolute atomic E-state index is 0.208. The first kappa shape index (κ1) is 26.8. The first-order valence-corrected chi connectivity index (χ1v) is 13.4. The van der Waals surface area contributed by atoms with Gasteiger partial charge in [0.1, 0.15) is 12.1 Å². The number of hydroxylamine groups is 1. The monoisotopic (exact) mass is 563 g/mol. The van der Waals surface area contributed by atoms with E-state index < -0.39 is 17.7 Å². The normalized spacial score (nSPS) is 17.7. The molecule has 3 aromatic heterocycles. The Morgan fingerprint density at radius 2 is 1.90 bits per heavy atom. The van der Waals surface area contributed by atoms with Gasteiger partial charge in [0.2, 0.25) is 0 Å². The van der Waals surface area contributed by atoms with Crippen molar-refractivity contribution in [3.8, 4) is 17.0 Å². The maximum Gasteiger partial charge on any atom is 0.175 e. The summed E-state index contributed by atoms with van der Waals surface area (Å²) in [7, 11) is 5.58. The molecule has 1 atom stereocenters. The summed E-state index contributed by atoms with van der Waals surface area (Å²) >= 11 is 0. The van der Waals surface area contributed by atoms with Crippen LogP contribution in [-0.2, 0) is 11.9 Å². The lowest BCUT2D eigenvalue weighted by Gasteiger charge is -2.35. The molecule has 0 saturated carbocycles. The highest BCUT2D eigenvalue weighted by molar-refractivity contribution is 5.80. The van der Waals surface area contributed by atoms with E-state index in [0.717, 1.165) is 49.2 Å². The Hall–Kier alpha value is -4.36. The maximum absolute atomic E-state index is 14.6. The molecular formula is C28H31F2N9O2. The molecule has 0 amide bonds. The van der Waals surface area contributed by atoms with Crippen molar-refractivity contribution in [2.45, 2.75) is 12.5 Å².